The van der Waals surface area contributed by atoms with Crippen molar-refractivity contribution in [3.05, 3.63) is 121 Å². The third-order valence-electron chi connectivity index (χ3n) is 7.77. The maximum absolute atomic E-state index is 5.21. The van der Waals surface area contributed by atoms with Crippen molar-refractivity contribution >= 4 is 56.5 Å². The maximum atomic E-state index is 5.21. The number of benzene rings is 4. The monoisotopic (exact) mass is 544 g/mol. The highest BCUT2D eigenvalue weighted by Gasteiger charge is 2.24. The lowest BCUT2D eigenvalue weighted by atomic mass is 9.97. The van der Waals surface area contributed by atoms with Gasteiger partial charge in [-0.25, -0.2) is 15.0 Å². The molecule has 0 spiro atoms. The standard InChI is InChI=1S/C36H24N4S/c1-3-11-29-24(4-2)34(23-12-6-5-7-13-23)39-36(38-29)40-30-17-9-8-15-25(30)27-20-28-26-16-10-14-22-18-19-37-35(33(22)26)41-32(28)21-31(27)40/h3-21H,2H2,1H3/b11-3-. The summed E-state index contributed by atoms with van der Waals surface area (Å²) in [5.74, 6) is 0.634. The molecule has 5 heteroatoms. The summed E-state index contributed by atoms with van der Waals surface area (Å²) in [6.45, 7) is 6.11. The van der Waals surface area contributed by atoms with Gasteiger partial charge in [-0.1, -0.05) is 97.2 Å². The zero-order chi connectivity index (χ0) is 27.5. The molecule has 194 valence electrons. The van der Waals surface area contributed by atoms with E-state index in [-0.39, 0.29) is 0 Å². The Kier molecular flexibility index (Phi) is 5.40. The van der Waals surface area contributed by atoms with Crippen LogP contribution in [-0.4, -0.2) is 19.5 Å². The van der Waals surface area contributed by atoms with E-state index in [2.05, 4.69) is 83.9 Å². The molecule has 0 aliphatic carbocycles. The molecule has 1 aliphatic heterocycles. The van der Waals surface area contributed by atoms with Gasteiger partial charge in [-0.2, -0.15) is 0 Å². The smallest absolute Gasteiger partial charge is 0.235 e. The van der Waals surface area contributed by atoms with E-state index in [1.165, 1.54) is 37.6 Å². The number of hydrogen-bond donors (Lipinski definition) is 0. The Labute approximate surface area is 241 Å². The van der Waals surface area contributed by atoms with Crippen LogP contribution in [0.15, 0.2) is 120 Å². The number of hydrogen-bond acceptors (Lipinski definition) is 4. The number of fused-ring (bicyclic) bond motifs is 5. The van der Waals surface area contributed by atoms with E-state index in [1.807, 2.05) is 49.5 Å². The minimum Gasteiger partial charge on any atom is -0.278 e. The molecule has 3 aromatic heterocycles. The van der Waals surface area contributed by atoms with Gasteiger partial charge in [-0.15, -0.1) is 0 Å². The lowest BCUT2D eigenvalue weighted by Gasteiger charge is -2.20. The predicted octanol–water partition coefficient (Wildman–Crippen LogP) is 9.60. The zero-order valence-corrected chi connectivity index (χ0v) is 23.2. The topological polar surface area (TPSA) is 43.6 Å². The molecule has 1 aliphatic rings. The summed E-state index contributed by atoms with van der Waals surface area (Å²) in [4.78, 5) is 16.3. The first-order valence-corrected chi connectivity index (χ1v) is 14.4. The van der Waals surface area contributed by atoms with Crippen LogP contribution in [0.5, 0.6) is 0 Å². The molecular formula is C36H24N4S. The highest BCUT2D eigenvalue weighted by Crippen LogP contribution is 2.49. The fraction of sp³-hybridized carbons (Fsp3) is 0.0278. The van der Waals surface area contributed by atoms with Gasteiger partial charge in [0.15, 0.2) is 0 Å². The van der Waals surface area contributed by atoms with Crippen molar-refractivity contribution in [3.63, 3.8) is 0 Å². The highest BCUT2D eigenvalue weighted by atomic mass is 32.2. The Morgan fingerprint density at radius 2 is 1.66 bits per heavy atom. The summed E-state index contributed by atoms with van der Waals surface area (Å²) in [6.07, 6.45) is 7.80. The van der Waals surface area contributed by atoms with Gasteiger partial charge < -0.3 is 0 Å². The van der Waals surface area contributed by atoms with Gasteiger partial charge in [0.1, 0.15) is 5.03 Å². The van der Waals surface area contributed by atoms with E-state index in [4.69, 9.17) is 15.0 Å². The van der Waals surface area contributed by atoms with Gasteiger partial charge in [0.2, 0.25) is 5.95 Å². The summed E-state index contributed by atoms with van der Waals surface area (Å²) in [6, 6.07) is 32.0. The molecule has 0 radical (unpaired) electrons. The van der Waals surface area contributed by atoms with E-state index >= 15 is 0 Å². The van der Waals surface area contributed by atoms with Crippen LogP contribution >= 0.6 is 11.8 Å². The second-order valence-electron chi connectivity index (χ2n) is 10.1. The Hall–Kier alpha value is -5.00. The van der Waals surface area contributed by atoms with Crippen molar-refractivity contribution < 1.29 is 0 Å². The maximum Gasteiger partial charge on any atom is 0.235 e. The van der Waals surface area contributed by atoms with E-state index in [0.717, 1.165) is 38.6 Å². The van der Waals surface area contributed by atoms with Crippen molar-refractivity contribution in [2.75, 3.05) is 0 Å². The Balaban J connectivity index is 1.46. The summed E-state index contributed by atoms with van der Waals surface area (Å²) in [7, 11) is 0. The summed E-state index contributed by atoms with van der Waals surface area (Å²) in [5, 5.41) is 5.83. The van der Waals surface area contributed by atoms with Crippen LogP contribution < -0.4 is 0 Å². The number of allylic oxidation sites excluding steroid dienone is 1. The third kappa shape index (κ3) is 3.59. The molecular weight excluding hydrogens is 520 g/mol. The lowest BCUT2D eigenvalue weighted by Crippen LogP contribution is -2.06. The quantitative estimate of drug-likeness (QED) is 0.221. The number of nitrogens with zero attached hydrogens (tertiary/aromatic N) is 4. The third-order valence-corrected chi connectivity index (χ3v) is 8.83. The van der Waals surface area contributed by atoms with Crippen molar-refractivity contribution in [1.82, 2.24) is 19.5 Å². The Morgan fingerprint density at radius 1 is 0.805 bits per heavy atom. The molecule has 41 heavy (non-hydrogen) atoms. The average Bonchev–Trinajstić information content (AvgIpc) is 3.34. The SMILES string of the molecule is C=Cc1c(/C=C\C)nc(-n2c3ccccc3c3cc4c(cc32)Sc2nccc3cccc-4c23)nc1-c1ccccc1. The van der Waals surface area contributed by atoms with E-state index < -0.39 is 0 Å². The number of rotatable bonds is 4. The molecule has 8 rings (SSSR count). The highest BCUT2D eigenvalue weighted by molar-refractivity contribution is 7.99. The second-order valence-corrected chi connectivity index (χ2v) is 11.1. The number of aromatic nitrogens is 4. The van der Waals surface area contributed by atoms with Gasteiger partial charge in [-0.05, 0) is 53.8 Å². The molecule has 0 amide bonds. The molecule has 4 aromatic carbocycles. The first-order valence-electron chi connectivity index (χ1n) is 13.6. The van der Waals surface area contributed by atoms with E-state index in [0.29, 0.717) is 5.95 Å². The Morgan fingerprint density at radius 3 is 2.51 bits per heavy atom. The second kappa shape index (κ2) is 9.29. The predicted molar refractivity (Wildman–Crippen MR) is 171 cm³/mol. The summed E-state index contributed by atoms with van der Waals surface area (Å²) in [5.41, 5.74) is 8.26. The Bertz CT molecular complexity index is 2200. The number of pyridine rings is 1. The van der Waals surface area contributed by atoms with Crippen LogP contribution in [0.1, 0.15) is 18.2 Å². The minimum atomic E-state index is 0.634. The lowest BCUT2D eigenvalue weighted by molar-refractivity contribution is 0.981. The van der Waals surface area contributed by atoms with Crippen LogP contribution in [0, 0.1) is 0 Å². The molecule has 0 atom stereocenters. The van der Waals surface area contributed by atoms with Crippen molar-refractivity contribution in [3.8, 4) is 28.3 Å². The molecule has 0 unspecified atom stereocenters. The van der Waals surface area contributed by atoms with Gasteiger partial charge in [-0.3, -0.25) is 4.57 Å². The molecule has 0 saturated heterocycles. The van der Waals surface area contributed by atoms with Gasteiger partial charge in [0, 0.05) is 38.4 Å². The first kappa shape index (κ1) is 23.9. The van der Waals surface area contributed by atoms with Crippen LogP contribution in [0.3, 0.4) is 0 Å². The summed E-state index contributed by atoms with van der Waals surface area (Å²) >= 11 is 1.73. The minimum absolute atomic E-state index is 0.634. The van der Waals surface area contributed by atoms with Crippen LogP contribution in [0.2, 0.25) is 0 Å². The molecule has 0 fully saturated rings. The molecule has 7 aromatic rings. The fourth-order valence-electron chi connectivity index (χ4n) is 5.99. The fourth-order valence-corrected chi connectivity index (χ4v) is 7.09. The van der Waals surface area contributed by atoms with E-state index in [1.54, 1.807) is 11.8 Å². The van der Waals surface area contributed by atoms with Crippen LogP contribution in [0.4, 0.5) is 0 Å². The number of para-hydroxylation sites is 1. The normalized spacial score (nSPS) is 12.4. The first-order chi connectivity index (χ1) is 20.2. The van der Waals surface area contributed by atoms with Crippen molar-refractivity contribution in [2.45, 2.75) is 16.8 Å². The van der Waals surface area contributed by atoms with E-state index in [9.17, 15) is 0 Å². The summed E-state index contributed by atoms with van der Waals surface area (Å²) < 4.78 is 2.20. The average molecular weight is 545 g/mol. The molecule has 4 heterocycles. The molecule has 0 N–H and O–H groups in total. The van der Waals surface area contributed by atoms with Gasteiger partial charge in [0.05, 0.1) is 22.4 Å². The van der Waals surface area contributed by atoms with Gasteiger partial charge in [0.25, 0.3) is 0 Å². The van der Waals surface area contributed by atoms with Crippen LogP contribution in [-0.2, 0) is 0 Å². The molecule has 0 bridgehead atoms. The molecule has 4 nitrogen and oxygen atoms in total. The van der Waals surface area contributed by atoms with Crippen molar-refractivity contribution in [1.29, 1.82) is 0 Å². The largest absolute Gasteiger partial charge is 0.278 e. The van der Waals surface area contributed by atoms with Crippen molar-refractivity contribution in [2.24, 2.45) is 0 Å². The van der Waals surface area contributed by atoms with Crippen LogP contribution in [0.25, 0.3) is 73.1 Å². The zero-order valence-electron chi connectivity index (χ0n) is 22.4. The van der Waals surface area contributed by atoms with Gasteiger partial charge >= 0.3 is 0 Å². The molecule has 0 saturated carbocycles.